The van der Waals surface area contributed by atoms with Crippen LogP contribution in [0.2, 0.25) is 0 Å². The molecule has 1 saturated heterocycles. The van der Waals surface area contributed by atoms with E-state index < -0.39 is 0 Å². The molecule has 4 nitrogen and oxygen atoms in total. The number of likely N-dealkylation sites (tertiary alicyclic amines) is 1. The van der Waals surface area contributed by atoms with E-state index in [1.807, 2.05) is 4.90 Å². The van der Waals surface area contributed by atoms with Gasteiger partial charge < -0.3 is 15.7 Å². The first-order valence-electron chi connectivity index (χ1n) is 6.34. The maximum atomic E-state index is 12.3. The Morgan fingerprint density at radius 1 is 1.38 bits per heavy atom. The van der Waals surface area contributed by atoms with Crippen LogP contribution in [0.25, 0.3) is 0 Å². The zero-order valence-corrected chi connectivity index (χ0v) is 9.56. The standard InChI is InChI=1S/C12H20N2O2/c13-7-12(3-4-12)11(16)14-5-8-1-2-10(15)9(8)6-14/h8-10,15H,1-7,13H2. The Hall–Kier alpha value is -0.610. The van der Waals surface area contributed by atoms with Gasteiger partial charge in [-0.1, -0.05) is 0 Å². The summed E-state index contributed by atoms with van der Waals surface area (Å²) in [5.41, 5.74) is 5.46. The molecule has 3 rings (SSSR count). The minimum Gasteiger partial charge on any atom is -0.393 e. The minimum atomic E-state index is -0.219. The zero-order chi connectivity index (χ0) is 11.3. The molecular weight excluding hydrogens is 204 g/mol. The van der Waals surface area contributed by atoms with Crippen molar-refractivity contribution in [2.45, 2.75) is 31.8 Å². The van der Waals surface area contributed by atoms with E-state index in [1.54, 1.807) is 0 Å². The summed E-state index contributed by atoms with van der Waals surface area (Å²) in [6, 6.07) is 0. The van der Waals surface area contributed by atoms with Gasteiger partial charge in [0.05, 0.1) is 11.5 Å². The van der Waals surface area contributed by atoms with Crippen LogP contribution < -0.4 is 5.73 Å². The molecule has 0 radical (unpaired) electrons. The first-order valence-corrected chi connectivity index (χ1v) is 6.34. The van der Waals surface area contributed by atoms with Crippen molar-refractivity contribution in [1.29, 1.82) is 0 Å². The fourth-order valence-electron chi connectivity index (χ4n) is 3.39. The Bertz CT molecular complexity index is 314. The van der Waals surface area contributed by atoms with Crippen LogP contribution in [-0.2, 0) is 4.79 Å². The number of carbonyl (C=O) groups excluding carboxylic acids is 1. The van der Waals surface area contributed by atoms with Gasteiger partial charge in [0.2, 0.25) is 5.91 Å². The van der Waals surface area contributed by atoms with E-state index in [2.05, 4.69) is 0 Å². The maximum Gasteiger partial charge on any atom is 0.230 e. The highest BCUT2D eigenvalue weighted by atomic mass is 16.3. The normalized spacial score (nSPS) is 39.9. The molecule has 3 fully saturated rings. The number of rotatable bonds is 2. The van der Waals surface area contributed by atoms with E-state index in [1.165, 1.54) is 0 Å². The van der Waals surface area contributed by atoms with Gasteiger partial charge in [0.15, 0.2) is 0 Å². The summed E-state index contributed by atoms with van der Waals surface area (Å²) >= 11 is 0. The third-order valence-corrected chi connectivity index (χ3v) is 4.80. The molecule has 3 unspecified atom stereocenters. The predicted octanol–water partition coefficient (Wildman–Crippen LogP) is -0.0454. The Labute approximate surface area is 95.8 Å². The van der Waals surface area contributed by atoms with Crippen molar-refractivity contribution in [2.24, 2.45) is 23.0 Å². The topological polar surface area (TPSA) is 66.6 Å². The van der Waals surface area contributed by atoms with Gasteiger partial charge in [-0.25, -0.2) is 0 Å². The second-order valence-electron chi connectivity index (χ2n) is 5.76. The molecule has 4 heteroatoms. The molecule has 0 bridgehead atoms. The highest BCUT2D eigenvalue weighted by molar-refractivity contribution is 5.86. The van der Waals surface area contributed by atoms with Crippen LogP contribution in [0.1, 0.15) is 25.7 Å². The molecule has 16 heavy (non-hydrogen) atoms. The Morgan fingerprint density at radius 3 is 2.69 bits per heavy atom. The smallest absolute Gasteiger partial charge is 0.230 e. The molecule has 2 saturated carbocycles. The Morgan fingerprint density at radius 2 is 2.12 bits per heavy atom. The molecule has 2 aliphatic carbocycles. The lowest BCUT2D eigenvalue weighted by Crippen LogP contribution is -2.40. The number of nitrogens with two attached hydrogens (primary N) is 1. The number of aliphatic hydroxyl groups is 1. The predicted molar refractivity (Wildman–Crippen MR) is 59.5 cm³/mol. The van der Waals surface area contributed by atoms with Gasteiger partial charge in [-0.15, -0.1) is 0 Å². The SMILES string of the molecule is NCC1(C(=O)N2CC3CCC(O)C3C2)CC1. The van der Waals surface area contributed by atoms with Crippen molar-refractivity contribution in [1.82, 2.24) is 4.90 Å². The molecule has 3 N–H and O–H groups in total. The van der Waals surface area contributed by atoms with Crippen LogP contribution in [-0.4, -0.2) is 41.7 Å². The lowest BCUT2D eigenvalue weighted by Gasteiger charge is -2.23. The van der Waals surface area contributed by atoms with Gasteiger partial charge in [0.25, 0.3) is 0 Å². The summed E-state index contributed by atoms with van der Waals surface area (Å²) in [6.07, 6.45) is 3.72. The van der Waals surface area contributed by atoms with E-state index in [0.717, 1.165) is 38.8 Å². The molecular formula is C12H20N2O2. The number of amides is 1. The van der Waals surface area contributed by atoms with Crippen molar-refractivity contribution in [3.63, 3.8) is 0 Å². The van der Waals surface area contributed by atoms with Gasteiger partial charge in [-0.2, -0.15) is 0 Å². The van der Waals surface area contributed by atoms with Gasteiger partial charge >= 0.3 is 0 Å². The zero-order valence-electron chi connectivity index (χ0n) is 9.56. The molecule has 3 atom stereocenters. The molecule has 1 heterocycles. The summed E-state index contributed by atoms with van der Waals surface area (Å²) in [7, 11) is 0. The number of carbonyl (C=O) groups is 1. The molecule has 0 aromatic rings. The lowest BCUT2D eigenvalue weighted by molar-refractivity contribution is -0.136. The highest BCUT2D eigenvalue weighted by Gasteiger charge is 2.53. The van der Waals surface area contributed by atoms with Crippen LogP contribution in [0, 0.1) is 17.3 Å². The Balaban J connectivity index is 1.68. The van der Waals surface area contributed by atoms with Crippen LogP contribution in [0.3, 0.4) is 0 Å². The average Bonchev–Trinajstić information content (AvgIpc) is 2.86. The summed E-state index contributed by atoms with van der Waals surface area (Å²) in [4.78, 5) is 14.2. The Kier molecular flexibility index (Phi) is 2.27. The van der Waals surface area contributed by atoms with Crippen molar-refractivity contribution >= 4 is 5.91 Å². The third-order valence-electron chi connectivity index (χ3n) is 4.80. The van der Waals surface area contributed by atoms with Crippen LogP contribution in [0.5, 0.6) is 0 Å². The van der Waals surface area contributed by atoms with Crippen LogP contribution in [0.4, 0.5) is 0 Å². The highest BCUT2D eigenvalue weighted by Crippen LogP contribution is 2.48. The number of hydrogen-bond acceptors (Lipinski definition) is 3. The van der Waals surface area contributed by atoms with Crippen molar-refractivity contribution in [3.8, 4) is 0 Å². The third kappa shape index (κ3) is 1.39. The van der Waals surface area contributed by atoms with Crippen LogP contribution >= 0.6 is 0 Å². The second kappa shape index (κ2) is 3.44. The average molecular weight is 224 g/mol. The minimum absolute atomic E-state index is 0.184. The molecule has 0 spiro atoms. The summed E-state index contributed by atoms with van der Waals surface area (Å²) < 4.78 is 0. The van der Waals surface area contributed by atoms with Crippen molar-refractivity contribution in [3.05, 3.63) is 0 Å². The van der Waals surface area contributed by atoms with E-state index in [-0.39, 0.29) is 17.4 Å². The van der Waals surface area contributed by atoms with Gasteiger partial charge in [0.1, 0.15) is 0 Å². The quantitative estimate of drug-likeness (QED) is 0.691. The largest absolute Gasteiger partial charge is 0.393 e. The van der Waals surface area contributed by atoms with E-state index >= 15 is 0 Å². The van der Waals surface area contributed by atoms with E-state index in [4.69, 9.17) is 5.73 Å². The maximum absolute atomic E-state index is 12.3. The van der Waals surface area contributed by atoms with Gasteiger partial charge in [0, 0.05) is 25.6 Å². The summed E-state index contributed by atoms with van der Waals surface area (Å²) in [5.74, 6) is 1.11. The number of hydrogen-bond donors (Lipinski definition) is 2. The fourth-order valence-corrected chi connectivity index (χ4v) is 3.39. The van der Waals surface area contributed by atoms with Crippen molar-refractivity contribution < 1.29 is 9.90 Å². The molecule has 90 valence electrons. The van der Waals surface area contributed by atoms with E-state index in [9.17, 15) is 9.90 Å². The monoisotopic (exact) mass is 224 g/mol. The summed E-state index contributed by atoms with van der Waals surface area (Å²) in [5, 5.41) is 9.81. The number of aliphatic hydroxyl groups excluding tert-OH is 1. The van der Waals surface area contributed by atoms with Crippen LogP contribution in [0.15, 0.2) is 0 Å². The van der Waals surface area contributed by atoms with Gasteiger partial charge in [-0.05, 0) is 31.6 Å². The second-order valence-corrected chi connectivity index (χ2v) is 5.76. The van der Waals surface area contributed by atoms with Gasteiger partial charge in [-0.3, -0.25) is 4.79 Å². The molecule has 1 aliphatic heterocycles. The first-order chi connectivity index (χ1) is 7.66. The van der Waals surface area contributed by atoms with Crippen molar-refractivity contribution in [2.75, 3.05) is 19.6 Å². The fraction of sp³-hybridized carbons (Fsp3) is 0.917. The molecule has 0 aromatic carbocycles. The lowest BCUT2D eigenvalue weighted by atomic mass is 10.00. The molecule has 3 aliphatic rings. The molecule has 1 amide bonds. The number of fused-ring (bicyclic) bond motifs is 1. The van der Waals surface area contributed by atoms with E-state index in [0.29, 0.717) is 18.4 Å². The first kappa shape index (κ1) is 10.5. The molecule has 0 aromatic heterocycles. The number of nitrogens with zero attached hydrogens (tertiary/aromatic N) is 1. The summed E-state index contributed by atoms with van der Waals surface area (Å²) in [6.45, 7) is 2.09.